The van der Waals surface area contributed by atoms with Crippen molar-refractivity contribution in [1.29, 1.82) is 0 Å². The second-order valence-corrected chi connectivity index (χ2v) is 6.43. The predicted molar refractivity (Wildman–Crippen MR) is 68.2 cm³/mol. The van der Waals surface area contributed by atoms with Gasteiger partial charge in [0.25, 0.3) is 5.91 Å². The average molecular weight is 305 g/mol. The van der Waals surface area contributed by atoms with Crippen LogP contribution in [-0.4, -0.2) is 42.9 Å². The monoisotopic (exact) mass is 305 g/mol. The Morgan fingerprint density at radius 1 is 1.50 bits per heavy atom. The summed E-state index contributed by atoms with van der Waals surface area (Å²) in [5, 5.41) is 6.41. The second kappa shape index (κ2) is 5.13. The summed E-state index contributed by atoms with van der Waals surface area (Å²) in [4.78, 5) is 12.1. The quantitative estimate of drug-likeness (QED) is 0.828. The number of hydrogen-bond acceptors (Lipinski definition) is 5. The van der Waals surface area contributed by atoms with Crippen LogP contribution < -0.4 is 5.32 Å². The molecule has 0 saturated carbocycles. The minimum Gasteiger partial charge on any atom is -0.360 e. The molecule has 0 atom stereocenters. The molecule has 0 aromatic carbocycles. The number of nitrogens with one attached hydrogen (secondary N) is 1. The minimum absolute atomic E-state index is 0.000980. The maximum Gasteiger partial charge on any atom is 0.374 e. The van der Waals surface area contributed by atoms with Gasteiger partial charge in [-0.25, -0.2) is 0 Å². The summed E-state index contributed by atoms with van der Waals surface area (Å²) < 4.78 is 39.6. The Morgan fingerprint density at radius 2 is 2.10 bits per heavy atom. The Hall–Kier alpha value is -1.48. The molecule has 1 aliphatic rings. The van der Waals surface area contributed by atoms with Gasteiger partial charge in [-0.05, 0) is 6.92 Å². The van der Waals surface area contributed by atoms with E-state index in [-0.39, 0.29) is 24.9 Å². The first-order valence-corrected chi connectivity index (χ1v) is 7.51. The molecule has 0 unspecified atom stereocenters. The molecule has 1 aromatic heterocycles. The SMILES string of the molecule is Cc1noc(C(C)C)c1C(=O)NC1CN(S(=O)(=O)F)C1. The fourth-order valence-electron chi connectivity index (χ4n) is 2.02. The van der Waals surface area contributed by atoms with E-state index in [4.69, 9.17) is 4.52 Å². The highest BCUT2D eigenvalue weighted by Crippen LogP contribution is 2.23. The van der Waals surface area contributed by atoms with Crippen LogP contribution in [0.2, 0.25) is 0 Å². The van der Waals surface area contributed by atoms with E-state index >= 15 is 0 Å². The molecule has 9 heteroatoms. The number of aromatic nitrogens is 1. The Labute approximate surface area is 116 Å². The Morgan fingerprint density at radius 3 is 2.60 bits per heavy atom. The van der Waals surface area contributed by atoms with Crippen molar-refractivity contribution in [3.63, 3.8) is 0 Å². The van der Waals surface area contributed by atoms with Gasteiger partial charge >= 0.3 is 10.4 Å². The van der Waals surface area contributed by atoms with Crippen LogP contribution in [0.15, 0.2) is 4.52 Å². The van der Waals surface area contributed by atoms with Crippen LogP contribution in [-0.2, 0) is 10.4 Å². The van der Waals surface area contributed by atoms with Gasteiger partial charge in [0.1, 0.15) is 5.56 Å². The van der Waals surface area contributed by atoms with Gasteiger partial charge in [0.15, 0.2) is 5.76 Å². The van der Waals surface area contributed by atoms with Crippen LogP contribution in [0.25, 0.3) is 0 Å². The molecule has 0 aliphatic carbocycles. The molecule has 0 radical (unpaired) electrons. The normalized spacial score (nSPS) is 17.2. The van der Waals surface area contributed by atoms with Crippen molar-refractivity contribution in [1.82, 2.24) is 14.8 Å². The van der Waals surface area contributed by atoms with Crippen molar-refractivity contribution < 1.29 is 21.6 Å². The van der Waals surface area contributed by atoms with Crippen LogP contribution in [0.4, 0.5) is 3.89 Å². The number of nitrogens with zero attached hydrogens (tertiary/aromatic N) is 2. The van der Waals surface area contributed by atoms with Gasteiger partial charge in [-0.15, -0.1) is 0 Å². The highest BCUT2D eigenvalue weighted by Gasteiger charge is 2.37. The summed E-state index contributed by atoms with van der Waals surface area (Å²) in [5.74, 6) is 0.101. The molecule has 1 amide bonds. The number of carbonyl (C=O) groups is 1. The van der Waals surface area contributed by atoms with E-state index < -0.39 is 16.5 Å². The Bertz CT molecular complexity index is 620. The topological polar surface area (TPSA) is 92.5 Å². The fraction of sp³-hybridized carbons (Fsp3) is 0.636. The molecule has 20 heavy (non-hydrogen) atoms. The molecule has 1 fully saturated rings. The van der Waals surface area contributed by atoms with Gasteiger partial charge in [0, 0.05) is 19.0 Å². The van der Waals surface area contributed by atoms with Crippen molar-refractivity contribution in [3.05, 3.63) is 17.0 Å². The molecule has 0 bridgehead atoms. The molecule has 112 valence electrons. The van der Waals surface area contributed by atoms with Gasteiger partial charge in [-0.2, -0.15) is 12.7 Å². The average Bonchev–Trinajstić information content (AvgIpc) is 2.63. The third-order valence-corrected chi connectivity index (χ3v) is 4.05. The van der Waals surface area contributed by atoms with E-state index in [0.29, 0.717) is 21.3 Å². The van der Waals surface area contributed by atoms with E-state index in [1.54, 1.807) is 6.92 Å². The Kier molecular flexibility index (Phi) is 3.83. The van der Waals surface area contributed by atoms with Gasteiger partial charge < -0.3 is 9.84 Å². The maximum absolute atomic E-state index is 12.6. The predicted octanol–water partition coefficient (Wildman–Crippen LogP) is 0.735. The molecule has 0 spiro atoms. The van der Waals surface area contributed by atoms with Crippen molar-refractivity contribution in [2.45, 2.75) is 32.7 Å². The van der Waals surface area contributed by atoms with Gasteiger partial charge in [0.05, 0.1) is 11.7 Å². The first-order valence-electron chi connectivity index (χ1n) is 6.17. The lowest BCUT2D eigenvalue weighted by atomic mass is 10.0. The third-order valence-electron chi connectivity index (χ3n) is 3.13. The van der Waals surface area contributed by atoms with E-state index in [1.165, 1.54) is 0 Å². The van der Waals surface area contributed by atoms with Crippen LogP contribution >= 0.6 is 0 Å². The molecule has 1 aromatic rings. The number of rotatable bonds is 4. The molecular formula is C11H16FN3O4S. The number of carbonyl (C=O) groups excluding carboxylic acids is 1. The summed E-state index contributed by atoms with van der Waals surface area (Å²) in [5.41, 5.74) is 0.835. The number of hydrogen-bond donors (Lipinski definition) is 1. The summed E-state index contributed by atoms with van der Waals surface area (Å²) in [6.45, 7) is 5.27. The highest BCUT2D eigenvalue weighted by atomic mass is 32.3. The van der Waals surface area contributed by atoms with Gasteiger partial charge in [-0.1, -0.05) is 22.9 Å². The molecule has 1 aliphatic heterocycles. The van der Waals surface area contributed by atoms with Crippen LogP contribution in [0.3, 0.4) is 0 Å². The zero-order valence-corrected chi connectivity index (χ0v) is 12.2. The summed E-state index contributed by atoms with van der Waals surface area (Å²) in [7, 11) is -4.67. The first-order chi connectivity index (χ1) is 9.20. The van der Waals surface area contributed by atoms with Crippen LogP contribution in [0, 0.1) is 6.92 Å². The van der Waals surface area contributed by atoms with E-state index in [2.05, 4.69) is 10.5 Å². The molecule has 1 saturated heterocycles. The largest absolute Gasteiger partial charge is 0.374 e. The van der Waals surface area contributed by atoms with Crippen LogP contribution in [0.5, 0.6) is 0 Å². The summed E-state index contributed by atoms with van der Waals surface area (Å²) in [6, 6.07) is -0.401. The lowest BCUT2D eigenvalue weighted by Crippen LogP contribution is -2.60. The van der Waals surface area contributed by atoms with Crippen molar-refractivity contribution in [2.75, 3.05) is 13.1 Å². The third kappa shape index (κ3) is 2.83. The smallest absolute Gasteiger partial charge is 0.360 e. The Balaban J connectivity index is 2.03. The summed E-state index contributed by atoms with van der Waals surface area (Å²) in [6.07, 6.45) is 0. The lowest BCUT2D eigenvalue weighted by Gasteiger charge is -2.35. The van der Waals surface area contributed by atoms with Crippen LogP contribution in [0.1, 0.15) is 41.6 Å². The number of aryl methyl sites for hydroxylation is 1. The number of amides is 1. The van der Waals surface area contributed by atoms with Crippen molar-refractivity contribution >= 4 is 16.3 Å². The lowest BCUT2D eigenvalue weighted by molar-refractivity contribution is 0.0889. The highest BCUT2D eigenvalue weighted by molar-refractivity contribution is 7.84. The van der Waals surface area contributed by atoms with E-state index in [1.807, 2.05) is 13.8 Å². The van der Waals surface area contributed by atoms with Crippen molar-refractivity contribution in [2.24, 2.45) is 0 Å². The van der Waals surface area contributed by atoms with Gasteiger partial charge in [-0.3, -0.25) is 4.79 Å². The second-order valence-electron chi connectivity index (χ2n) is 5.09. The molecule has 1 N–H and O–H groups in total. The van der Waals surface area contributed by atoms with Gasteiger partial charge in [0.2, 0.25) is 0 Å². The fourth-order valence-corrected chi connectivity index (χ4v) is 2.74. The minimum atomic E-state index is -4.67. The maximum atomic E-state index is 12.6. The van der Waals surface area contributed by atoms with E-state index in [9.17, 15) is 17.1 Å². The first kappa shape index (κ1) is 14.9. The molecule has 7 nitrogen and oxygen atoms in total. The zero-order valence-electron chi connectivity index (χ0n) is 11.4. The molecule has 2 rings (SSSR count). The summed E-state index contributed by atoms with van der Waals surface area (Å²) >= 11 is 0. The molecular weight excluding hydrogens is 289 g/mol. The number of halogens is 1. The molecule has 2 heterocycles. The van der Waals surface area contributed by atoms with Crippen molar-refractivity contribution in [3.8, 4) is 0 Å². The zero-order chi connectivity index (χ0) is 15.1. The standard InChI is InChI=1S/C11H16FN3O4S/c1-6(2)10-9(7(3)14-19-10)11(16)13-8-4-15(5-8)20(12,17)18/h6,8H,4-5H2,1-3H3,(H,13,16). The van der Waals surface area contributed by atoms with E-state index in [0.717, 1.165) is 0 Å².